The van der Waals surface area contributed by atoms with Crippen LogP contribution in [0.1, 0.15) is 23.3 Å². The van der Waals surface area contributed by atoms with Crippen molar-refractivity contribution in [3.63, 3.8) is 0 Å². The first-order chi connectivity index (χ1) is 16.6. The molecule has 0 bridgehead atoms. The Kier molecular flexibility index (Phi) is 7.04. The lowest BCUT2D eigenvalue weighted by atomic mass is 10.1. The molecule has 2 aromatic carbocycles. The summed E-state index contributed by atoms with van der Waals surface area (Å²) in [6.07, 6.45) is 2.49. The number of benzene rings is 2. The van der Waals surface area contributed by atoms with Gasteiger partial charge in [0.1, 0.15) is 0 Å². The SMILES string of the molecule is O=C(NCCN1CCCC1)c1nnc(N2CCN(c3ccc(Cl)c(Cl)c3)CC2)c2ccccc12. The minimum atomic E-state index is -0.168. The molecule has 0 atom stereocenters. The second-order valence-corrected chi connectivity index (χ2v) is 9.61. The Morgan fingerprint density at radius 3 is 2.29 bits per heavy atom. The van der Waals surface area contributed by atoms with Crippen molar-refractivity contribution in [3.05, 3.63) is 58.2 Å². The Hall–Kier alpha value is -2.61. The fourth-order valence-corrected chi connectivity index (χ4v) is 5.06. The highest BCUT2D eigenvalue weighted by molar-refractivity contribution is 6.42. The molecule has 5 rings (SSSR count). The number of halogens is 2. The summed E-state index contributed by atoms with van der Waals surface area (Å²) < 4.78 is 0. The van der Waals surface area contributed by atoms with Gasteiger partial charge in [0.2, 0.25) is 0 Å². The molecule has 1 aromatic heterocycles. The normalized spacial score (nSPS) is 16.9. The third kappa shape index (κ3) is 4.92. The zero-order chi connectivity index (χ0) is 23.5. The highest BCUT2D eigenvalue weighted by Crippen LogP contribution is 2.30. The van der Waals surface area contributed by atoms with Gasteiger partial charge in [0.25, 0.3) is 5.91 Å². The third-order valence-electron chi connectivity index (χ3n) is 6.64. The predicted molar refractivity (Wildman–Crippen MR) is 138 cm³/mol. The molecular formula is C25H28Cl2N6O. The summed E-state index contributed by atoms with van der Waals surface area (Å²) in [5, 5.41) is 14.8. The van der Waals surface area contributed by atoms with E-state index in [1.165, 1.54) is 12.8 Å². The van der Waals surface area contributed by atoms with E-state index < -0.39 is 0 Å². The van der Waals surface area contributed by atoms with E-state index in [-0.39, 0.29) is 5.91 Å². The average Bonchev–Trinajstić information content (AvgIpc) is 3.39. The van der Waals surface area contributed by atoms with Crippen molar-refractivity contribution < 1.29 is 4.79 Å². The van der Waals surface area contributed by atoms with Crippen LogP contribution >= 0.6 is 23.2 Å². The van der Waals surface area contributed by atoms with Gasteiger partial charge in [0, 0.05) is 55.7 Å². The van der Waals surface area contributed by atoms with Gasteiger partial charge >= 0.3 is 0 Å². The van der Waals surface area contributed by atoms with E-state index in [4.69, 9.17) is 23.2 Å². The number of fused-ring (bicyclic) bond motifs is 1. The summed E-state index contributed by atoms with van der Waals surface area (Å²) in [6, 6.07) is 13.6. The molecule has 2 aliphatic heterocycles. The number of likely N-dealkylation sites (tertiary alicyclic amines) is 1. The summed E-state index contributed by atoms with van der Waals surface area (Å²) in [5.41, 5.74) is 1.45. The van der Waals surface area contributed by atoms with Gasteiger partial charge < -0.3 is 20.0 Å². The summed E-state index contributed by atoms with van der Waals surface area (Å²) in [5.74, 6) is 0.650. The van der Waals surface area contributed by atoms with Gasteiger partial charge in [-0.3, -0.25) is 4.79 Å². The molecular weight excluding hydrogens is 471 g/mol. The van der Waals surface area contributed by atoms with Crippen molar-refractivity contribution in [2.75, 3.05) is 62.2 Å². The van der Waals surface area contributed by atoms with Crippen molar-refractivity contribution >= 4 is 51.4 Å². The Balaban J connectivity index is 1.29. The number of nitrogens with one attached hydrogen (secondary N) is 1. The zero-order valence-electron chi connectivity index (χ0n) is 19.0. The summed E-state index contributed by atoms with van der Waals surface area (Å²) in [4.78, 5) is 19.8. The second kappa shape index (κ2) is 10.3. The van der Waals surface area contributed by atoms with Crippen LogP contribution in [0.2, 0.25) is 10.0 Å². The van der Waals surface area contributed by atoms with Gasteiger partial charge in [-0.2, -0.15) is 0 Å². The van der Waals surface area contributed by atoms with Gasteiger partial charge in [-0.25, -0.2) is 0 Å². The van der Waals surface area contributed by atoms with E-state index in [2.05, 4.69) is 30.2 Å². The van der Waals surface area contributed by atoms with Crippen LogP contribution in [-0.2, 0) is 0 Å². The van der Waals surface area contributed by atoms with Gasteiger partial charge in [0.05, 0.1) is 10.0 Å². The standard InChI is InChI=1S/C25H28Cl2N6O/c26-21-8-7-18(17-22(21)27)32-13-15-33(16-14-32)24-20-6-2-1-5-19(20)23(29-30-24)25(34)28-9-12-31-10-3-4-11-31/h1-2,5-8,17H,3-4,9-16H2,(H,28,34). The van der Waals surface area contributed by atoms with Gasteiger partial charge in [0.15, 0.2) is 11.5 Å². The highest BCUT2D eigenvalue weighted by Gasteiger charge is 2.23. The van der Waals surface area contributed by atoms with Crippen molar-refractivity contribution in [2.24, 2.45) is 0 Å². The van der Waals surface area contributed by atoms with Crippen molar-refractivity contribution in [3.8, 4) is 0 Å². The molecule has 34 heavy (non-hydrogen) atoms. The van der Waals surface area contributed by atoms with E-state index in [1.807, 2.05) is 42.5 Å². The molecule has 0 radical (unpaired) electrons. The number of aromatic nitrogens is 2. The average molecular weight is 499 g/mol. The maximum atomic E-state index is 12.9. The minimum Gasteiger partial charge on any atom is -0.368 e. The molecule has 2 aliphatic rings. The number of hydrogen-bond donors (Lipinski definition) is 1. The summed E-state index contributed by atoms with van der Waals surface area (Å²) >= 11 is 12.3. The van der Waals surface area contributed by atoms with Crippen LogP contribution in [0, 0.1) is 0 Å². The topological polar surface area (TPSA) is 64.6 Å². The lowest BCUT2D eigenvalue weighted by Gasteiger charge is -2.37. The van der Waals surface area contributed by atoms with Crippen LogP contribution < -0.4 is 15.1 Å². The smallest absolute Gasteiger partial charge is 0.272 e. The molecule has 0 spiro atoms. The number of nitrogens with zero attached hydrogens (tertiary/aromatic N) is 5. The van der Waals surface area contributed by atoms with E-state index in [9.17, 15) is 4.79 Å². The zero-order valence-corrected chi connectivity index (χ0v) is 20.5. The molecule has 3 aromatic rings. The predicted octanol–water partition coefficient (Wildman–Crippen LogP) is 4.09. The Morgan fingerprint density at radius 2 is 1.56 bits per heavy atom. The fraction of sp³-hybridized carbons (Fsp3) is 0.400. The van der Waals surface area contributed by atoms with E-state index >= 15 is 0 Å². The molecule has 0 saturated carbocycles. The molecule has 0 aliphatic carbocycles. The van der Waals surface area contributed by atoms with Crippen LogP contribution in [0.5, 0.6) is 0 Å². The van der Waals surface area contributed by atoms with Crippen LogP contribution in [-0.4, -0.2) is 73.4 Å². The number of piperazine rings is 1. The third-order valence-corrected chi connectivity index (χ3v) is 7.38. The quantitative estimate of drug-likeness (QED) is 0.552. The van der Waals surface area contributed by atoms with E-state index in [0.717, 1.165) is 68.1 Å². The first kappa shape index (κ1) is 23.1. The maximum Gasteiger partial charge on any atom is 0.272 e. The largest absolute Gasteiger partial charge is 0.368 e. The van der Waals surface area contributed by atoms with Crippen LogP contribution in [0.15, 0.2) is 42.5 Å². The lowest BCUT2D eigenvalue weighted by molar-refractivity contribution is 0.0945. The molecule has 3 heterocycles. The maximum absolute atomic E-state index is 12.9. The van der Waals surface area contributed by atoms with Gasteiger partial charge in [-0.1, -0.05) is 47.5 Å². The number of carbonyl (C=O) groups excluding carboxylic acids is 1. The van der Waals surface area contributed by atoms with Crippen LogP contribution in [0.25, 0.3) is 10.8 Å². The number of carbonyl (C=O) groups is 1. The number of hydrogen-bond acceptors (Lipinski definition) is 6. The van der Waals surface area contributed by atoms with Crippen LogP contribution in [0.3, 0.4) is 0 Å². The molecule has 1 N–H and O–H groups in total. The highest BCUT2D eigenvalue weighted by atomic mass is 35.5. The first-order valence-corrected chi connectivity index (χ1v) is 12.6. The number of rotatable bonds is 6. The molecule has 0 unspecified atom stereocenters. The lowest BCUT2D eigenvalue weighted by Crippen LogP contribution is -2.47. The van der Waals surface area contributed by atoms with E-state index in [1.54, 1.807) is 0 Å². The van der Waals surface area contributed by atoms with Crippen LogP contribution in [0.4, 0.5) is 11.5 Å². The minimum absolute atomic E-state index is 0.168. The van der Waals surface area contributed by atoms with Gasteiger partial charge in [-0.05, 0) is 44.1 Å². The summed E-state index contributed by atoms with van der Waals surface area (Å²) in [7, 11) is 0. The Morgan fingerprint density at radius 1 is 0.853 bits per heavy atom. The Labute approximate surface area is 209 Å². The van der Waals surface area contributed by atoms with Crippen molar-refractivity contribution in [2.45, 2.75) is 12.8 Å². The monoisotopic (exact) mass is 498 g/mol. The fourth-order valence-electron chi connectivity index (χ4n) is 4.77. The molecule has 2 saturated heterocycles. The molecule has 9 heteroatoms. The molecule has 2 fully saturated rings. The molecule has 178 valence electrons. The number of amides is 1. The van der Waals surface area contributed by atoms with Crippen molar-refractivity contribution in [1.29, 1.82) is 0 Å². The summed E-state index contributed by atoms with van der Waals surface area (Å²) in [6.45, 7) is 6.96. The van der Waals surface area contributed by atoms with Gasteiger partial charge in [-0.15, -0.1) is 10.2 Å². The number of anilines is 2. The van der Waals surface area contributed by atoms with E-state index in [0.29, 0.717) is 22.3 Å². The molecule has 1 amide bonds. The second-order valence-electron chi connectivity index (χ2n) is 8.79. The van der Waals surface area contributed by atoms with Crippen molar-refractivity contribution in [1.82, 2.24) is 20.4 Å². The first-order valence-electron chi connectivity index (χ1n) is 11.8. The Bertz CT molecular complexity index is 1180. The molecule has 7 nitrogen and oxygen atoms in total.